The van der Waals surface area contributed by atoms with Crippen molar-refractivity contribution in [3.05, 3.63) is 36.0 Å². The monoisotopic (exact) mass is 323 g/mol. The summed E-state index contributed by atoms with van der Waals surface area (Å²) in [5.41, 5.74) is 0.461. The van der Waals surface area contributed by atoms with Crippen LogP contribution in [0.25, 0.3) is 5.82 Å². The molecule has 8 nitrogen and oxygen atoms in total. The fraction of sp³-hybridized carbons (Fsp3) is 0.375. The molecule has 0 unspecified atom stereocenters. The van der Waals surface area contributed by atoms with Crippen LogP contribution in [0.2, 0.25) is 0 Å². The molecule has 2 aromatic rings. The molecule has 1 aliphatic rings. The molecule has 0 spiro atoms. The number of terminal acetylenes is 1. The zero-order chi connectivity index (χ0) is 17.0. The number of nitrogens with one attached hydrogen (secondary N) is 1. The van der Waals surface area contributed by atoms with Gasteiger partial charge in [-0.25, -0.2) is 14.6 Å². The SMILES string of the molecule is C#CCCC1(CCNC(=O)c2nccc(-n3ccc(C)n3)n2)N=N1. The summed E-state index contributed by atoms with van der Waals surface area (Å²) >= 11 is 0. The number of aryl methyl sites for hydroxylation is 1. The lowest BCUT2D eigenvalue weighted by Gasteiger charge is -2.09. The van der Waals surface area contributed by atoms with Gasteiger partial charge in [0, 0.05) is 44.3 Å². The lowest BCUT2D eigenvalue weighted by molar-refractivity contribution is 0.0941. The first-order valence-corrected chi connectivity index (χ1v) is 7.63. The maximum Gasteiger partial charge on any atom is 0.289 e. The van der Waals surface area contributed by atoms with Crippen LogP contribution < -0.4 is 5.32 Å². The van der Waals surface area contributed by atoms with Gasteiger partial charge in [-0.2, -0.15) is 15.3 Å². The number of amides is 1. The Morgan fingerprint density at radius 1 is 1.38 bits per heavy atom. The Labute approximate surface area is 139 Å². The third kappa shape index (κ3) is 3.63. The average molecular weight is 323 g/mol. The molecule has 3 heterocycles. The van der Waals surface area contributed by atoms with E-state index in [0.29, 0.717) is 31.6 Å². The topological polar surface area (TPSA) is 97.4 Å². The first-order valence-electron chi connectivity index (χ1n) is 7.63. The Morgan fingerprint density at radius 2 is 2.21 bits per heavy atom. The highest BCUT2D eigenvalue weighted by Crippen LogP contribution is 2.35. The number of carbonyl (C=O) groups is 1. The minimum Gasteiger partial charge on any atom is -0.349 e. The number of rotatable bonds is 7. The minimum absolute atomic E-state index is 0.100. The largest absolute Gasteiger partial charge is 0.349 e. The van der Waals surface area contributed by atoms with Crippen LogP contribution in [0.5, 0.6) is 0 Å². The molecule has 1 amide bonds. The van der Waals surface area contributed by atoms with Crippen LogP contribution in [-0.2, 0) is 0 Å². The Morgan fingerprint density at radius 3 is 2.88 bits per heavy atom. The Hall–Kier alpha value is -3.08. The molecule has 122 valence electrons. The van der Waals surface area contributed by atoms with E-state index in [9.17, 15) is 4.79 Å². The smallest absolute Gasteiger partial charge is 0.289 e. The van der Waals surface area contributed by atoms with Gasteiger partial charge in [0.05, 0.1) is 5.69 Å². The van der Waals surface area contributed by atoms with Crippen molar-refractivity contribution in [2.45, 2.75) is 31.8 Å². The lowest BCUT2D eigenvalue weighted by atomic mass is 10.0. The van der Waals surface area contributed by atoms with E-state index >= 15 is 0 Å². The van der Waals surface area contributed by atoms with Gasteiger partial charge < -0.3 is 5.32 Å². The third-order valence-electron chi connectivity index (χ3n) is 3.66. The van der Waals surface area contributed by atoms with E-state index in [1.165, 1.54) is 6.20 Å². The van der Waals surface area contributed by atoms with Gasteiger partial charge in [0.1, 0.15) is 0 Å². The van der Waals surface area contributed by atoms with Crippen molar-refractivity contribution >= 4 is 5.91 Å². The standard InChI is InChI=1S/C16H17N7O/c1-3-4-7-16(21-22-16)8-10-18-15(24)14-17-9-5-13(19-14)23-11-6-12(2)20-23/h1,5-6,9,11H,4,7-8,10H2,2H3,(H,18,24). The van der Waals surface area contributed by atoms with Gasteiger partial charge in [-0.1, -0.05) is 0 Å². The van der Waals surface area contributed by atoms with Crippen LogP contribution in [-0.4, -0.2) is 37.9 Å². The molecule has 0 saturated carbocycles. The molecule has 0 radical (unpaired) electrons. The molecule has 1 aliphatic heterocycles. The molecule has 1 N–H and O–H groups in total. The fourth-order valence-electron chi connectivity index (χ4n) is 2.25. The molecular weight excluding hydrogens is 306 g/mol. The predicted octanol–water partition coefficient (Wildman–Crippen LogP) is 1.67. The fourth-order valence-corrected chi connectivity index (χ4v) is 2.25. The van der Waals surface area contributed by atoms with Crippen molar-refractivity contribution in [3.63, 3.8) is 0 Å². The highest BCUT2D eigenvalue weighted by molar-refractivity contribution is 5.90. The Bertz CT molecular complexity index is 812. The minimum atomic E-state index is -0.408. The molecule has 0 aliphatic carbocycles. The molecule has 8 heteroatoms. The van der Waals surface area contributed by atoms with E-state index in [0.717, 1.165) is 5.69 Å². The van der Waals surface area contributed by atoms with E-state index in [2.05, 4.69) is 36.5 Å². The van der Waals surface area contributed by atoms with Crippen molar-refractivity contribution in [1.29, 1.82) is 0 Å². The summed E-state index contributed by atoms with van der Waals surface area (Å²) < 4.78 is 1.60. The summed E-state index contributed by atoms with van der Waals surface area (Å²) in [6.45, 7) is 2.32. The van der Waals surface area contributed by atoms with Crippen LogP contribution in [0.3, 0.4) is 0 Å². The summed E-state index contributed by atoms with van der Waals surface area (Å²) in [5.74, 6) is 2.88. The zero-order valence-corrected chi connectivity index (χ0v) is 13.3. The van der Waals surface area contributed by atoms with E-state index in [4.69, 9.17) is 6.42 Å². The van der Waals surface area contributed by atoms with E-state index in [1.807, 2.05) is 13.0 Å². The van der Waals surface area contributed by atoms with Crippen LogP contribution in [0, 0.1) is 19.3 Å². The van der Waals surface area contributed by atoms with E-state index < -0.39 is 5.66 Å². The number of carbonyl (C=O) groups excluding carboxylic acids is 1. The second-order valence-electron chi connectivity index (χ2n) is 5.53. The van der Waals surface area contributed by atoms with Crippen LogP contribution >= 0.6 is 0 Å². The second-order valence-corrected chi connectivity index (χ2v) is 5.53. The molecule has 0 bridgehead atoms. The quantitative estimate of drug-likeness (QED) is 0.784. The van der Waals surface area contributed by atoms with Gasteiger partial charge in [0.2, 0.25) is 5.82 Å². The van der Waals surface area contributed by atoms with Gasteiger partial charge in [-0.15, -0.1) is 12.3 Å². The van der Waals surface area contributed by atoms with Gasteiger partial charge in [-0.3, -0.25) is 4.79 Å². The van der Waals surface area contributed by atoms with E-state index in [-0.39, 0.29) is 11.7 Å². The maximum atomic E-state index is 12.2. The second kappa shape index (κ2) is 6.58. The number of nitrogens with zero attached hydrogens (tertiary/aromatic N) is 6. The number of aromatic nitrogens is 4. The van der Waals surface area contributed by atoms with Crippen molar-refractivity contribution in [1.82, 2.24) is 25.1 Å². The number of hydrogen-bond donors (Lipinski definition) is 1. The molecule has 0 fully saturated rings. The normalized spacial score (nSPS) is 14.2. The molecule has 0 saturated heterocycles. The molecular formula is C16H17N7O. The lowest BCUT2D eigenvalue weighted by Crippen LogP contribution is -2.29. The summed E-state index contributed by atoms with van der Waals surface area (Å²) in [4.78, 5) is 20.4. The van der Waals surface area contributed by atoms with Crippen molar-refractivity contribution in [2.75, 3.05) is 6.54 Å². The molecule has 2 aromatic heterocycles. The summed E-state index contributed by atoms with van der Waals surface area (Å²) in [7, 11) is 0. The zero-order valence-electron chi connectivity index (χ0n) is 13.3. The van der Waals surface area contributed by atoms with Gasteiger partial charge >= 0.3 is 0 Å². The van der Waals surface area contributed by atoms with Gasteiger partial charge in [0.15, 0.2) is 11.5 Å². The summed E-state index contributed by atoms with van der Waals surface area (Å²) in [5, 5.41) is 15.1. The average Bonchev–Trinajstić information content (AvgIpc) is 3.23. The third-order valence-corrected chi connectivity index (χ3v) is 3.66. The highest BCUT2D eigenvalue weighted by atomic mass is 16.2. The first kappa shape index (κ1) is 15.8. The molecule has 0 atom stereocenters. The van der Waals surface area contributed by atoms with Crippen molar-refractivity contribution in [2.24, 2.45) is 10.2 Å². The summed E-state index contributed by atoms with van der Waals surface area (Å²) in [6.07, 6.45) is 10.5. The molecule has 24 heavy (non-hydrogen) atoms. The Kier molecular flexibility index (Phi) is 4.33. The van der Waals surface area contributed by atoms with Crippen LogP contribution in [0.4, 0.5) is 0 Å². The summed E-state index contributed by atoms with van der Waals surface area (Å²) in [6, 6.07) is 3.56. The molecule has 3 rings (SSSR count). The van der Waals surface area contributed by atoms with Gasteiger partial charge in [-0.05, 0) is 13.0 Å². The Balaban J connectivity index is 1.57. The van der Waals surface area contributed by atoms with Crippen LogP contribution in [0.15, 0.2) is 34.8 Å². The highest BCUT2D eigenvalue weighted by Gasteiger charge is 2.38. The maximum absolute atomic E-state index is 12.2. The van der Waals surface area contributed by atoms with Crippen molar-refractivity contribution < 1.29 is 4.79 Å². The van der Waals surface area contributed by atoms with E-state index in [1.54, 1.807) is 16.9 Å². The molecule has 0 aromatic carbocycles. The predicted molar refractivity (Wildman–Crippen MR) is 86.5 cm³/mol. The van der Waals surface area contributed by atoms with Crippen LogP contribution in [0.1, 0.15) is 35.6 Å². The number of hydrogen-bond acceptors (Lipinski definition) is 6. The van der Waals surface area contributed by atoms with Gasteiger partial charge in [0.25, 0.3) is 5.91 Å². The first-order chi connectivity index (χ1) is 11.6. The van der Waals surface area contributed by atoms with Crippen molar-refractivity contribution in [3.8, 4) is 18.2 Å².